The molecule has 0 saturated carbocycles. The summed E-state index contributed by atoms with van der Waals surface area (Å²) in [7, 11) is 0. The molecule has 0 unspecified atom stereocenters. The number of hydrogen-bond acceptors (Lipinski definition) is 3. The predicted octanol–water partition coefficient (Wildman–Crippen LogP) is 4.49. The monoisotopic (exact) mass is 258 g/mol. The summed E-state index contributed by atoms with van der Waals surface area (Å²) in [6.45, 7) is 1.87. The van der Waals surface area contributed by atoms with Crippen molar-refractivity contribution in [1.29, 1.82) is 0 Å². The summed E-state index contributed by atoms with van der Waals surface area (Å²) in [5.74, 6) is -0.237. The lowest BCUT2D eigenvalue weighted by molar-refractivity contribution is 0.627. The minimum Gasteiger partial charge on any atom is -0.331 e. The van der Waals surface area contributed by atoms with E-state index in [0.29, 0.717) is 0 Å². The van der Waals surface area contributed by atoms with Crippen molar-refractivity contribution in [3.05, 3.63) is 53.8 Å². The first kappa shape index (κ1) is 11.2. The summed E-state index contributed by atoms with van der Waals surface area (Å²) in [5, 5.41) is 3.92. The normalized spacial score (nSPS) is 10.8. The molecule has 0 aliphatic heterocycles. The third kappa shape index (κ3) is 2.19. The van der Waals surface area contributed by atoms with E-state index in [1.54, 1.807) is 11.3 Å². The second kappa shape index (κ2) is 4.38. The number of halogens is 1. The molecule has 0 atom stereocenters. The fourth-order valence-electron chi connectivity index (χ4n) is 1.86. The number of anilines is 2. The van der Waals surface area contributed by atoms with Crippen LogP contribution in [-0.2, 0) is 0 Å². The topological polar surface area (TPSA) is 24.9 Å². The van der Waals surface area contributed by atoms with Gasteiger partial charge in [0.15, 0.2) is 5.13 Å². The Morgan fingerprint density at radius 2 is 2.00 bits per heavy atom. The van der Waals surface area contributed by atoms with Crippen molar-refractivity contribution in [3.63, 3.8) is 0 Å². The summed E-state index contributed by atoms with van der Waals surface area (Å²) in [4.78, 5) is 4.45. The Bertz CT molecular complexity index is 653. The van der Waals surface area contributed by atoms with Gasteiger partial charge >= 0.3 is 0 Å². The Morgan fingerprint density at radius 1 is 1.17 bits per heavy atom. The van der Waals surface area contributed by atoms with E-state index in [4.69, 9.17) is 0 Å². The average molecular weight is 258 g/mol. The molecule has 0 spiro atoms. The lowest BCUT2D eigenvalue weighted by atomic mass is 10.2. The Balaban J connectivity index is 1.96. The molecule has 1 N–H and O–H groups in total. The Hall–Kier alpha value is -1.94. The van der Waals surface area contributed by atoms with Gasteiger partial charge in [0.2, 0.25) is 0 Å². The summed E-state index contributed by atoms with van der Waals surface area (Å²) in [6, 6.07) is 12.8. The Morgan fingerprint density at radius 3 is 2.78 bits per heavy atom. The number of aryl methyl sites for hydroxylation is 1. The molecule has 0 saturated heterocycles. The molecule has 4 heteroatoms. The Labute approximate surface area is 108 Å². The third-order valence-electron chi connectivity index (χ3n) is 2.59. The summed E-state index contributed by atoms with van der Waals surface area (Å²) < 4.78 is 14.4. The van der Waals surface area contributed by atoms with Crippen molar-refractivity contribution in [1.82, 2.24) is 4.98 Å². The number of aromatic nitrogens is 1. The molecule has 3 rings (SSSR count). The van der Waals surface area contributed by atoms with Gasteiger partial charge in [0, 0.05) is 5.69 Å². The van der Waals surface area contributed by atoms with E-state index in [-0.39, 0.29) is 5.82 Å². The number of hydrogen-bond donors (Lipinski definition) is 1. The van der Waals surface area contributed by atoms with Crippen molar-refractivity contribution < 1.29 is 4.39 Å². The zero-order chi connectivity index (χ0) is 12.5. The van der Waals surface area contributed by atoms with Crippen LogP contribution < -0.4 is 5.32 Å². The van der Waals surface area contributed by atoms with E-state index >= 15 is 0 Å². The molecule has 3 aromatic rings. The van der Waals surface area contributed by atoms with Crippen LogP contribution in [0.25, 0.3) is 10.2 Å². The van der Waals surface area contributed by atoms with E-state index in [1.165, 1.54) is 12.1 Å². The third-order valence-corrected chi connectivity index (χ3v) is 3.54. The fourth-order valence-corrected chi connectivity index (χ4v) is 2.74. The Kier molecular flexibility index (Phi) is 2.72. The highest BCUT2D eigenvalue weighted by Gasteiger charge is 2.04. The van der Waals surface area contributed by atoms with Crippen LogP contribution in [0.1, 0.15) is 5.56 Å². The molecule has 0 amide bonds. The quantitative estimate of drug-likeness (QED) is 0.732. The van der Waals surface area contributed by atoms with Gasteiger partial charge in [0.25, 0.3) is 0 Å². The van der Waals surface area contributed by atoms with Crippen LogP contribution in [0.15, 0.2) is 42.5 Å². The average Bonchev–Trinajstić information content (AvgIpc) is 2.69. The summed E-state index contributed by atoms with van der Waals surface area (Å²) in [5.41, 5.74) is 2.57. The van der Waals surface area contributed by atoms with Crippen molar-refractivity contribution >= 4 is 32.4 Å². The molecule has 1 heterocycles. The maximum atomic E-state index is 13.3. The minimum absolute atomic E-state index is 0.237. The van der Waals surface area contributed by atoms with E-state index < -0.39 is 0 Å². The van der Waals surface area contributed by atoms with E-state index in [2.05, 4.69) is 10.3 Å². The minimum atomic E-state index is -0.237. The largest absolute Gasteiger partial charge is 0.331 e. The maximum absolute atomic E-state index is 13.3. The second-order valence-corrected chi connectivity index (χ2v) is 5.16. The summed E-state index contributed by atoms with van der Waals surface area (Å²) in [6.07, 6.45) is 0. The number of fused-ring (bicyclic) bond motifs is 1. The smallest absolute Gasteiger partial charge is 0.188 e. The lowest BCUT2D eigenvalue weighted by Gasteiger charge is -2.03. The van der Waals surface area contributed by atoms with Gasteiger partial charge in [-0.05, 0) is 42.8 Å². The van der Waals surface area contributed by atoms with Crippen molar-refractivity contribution in [2.24, 2.45) is 0 Å². The molecule has 0 fully saturated rings. The van der Waals surface area contributed by atoms with Gasteiger partial charge in [-0.2, -0.15) is 0 Å². The molecule has 0 radical (unpaired) electrons. The highest BCUT2D eigenvalue weighted by molar-refractivity contribution is 7.22. The number of benzene rings is 2. The zero-order valence-corrected chi connectivity index (χ0v) is 10.6. The first-order valence-corrected chi connectivity index (χ1v) is 6.42. The maximum Gasteiger partial charge on any atom is 0.188 e. The van der Waals surface area contributed by atoms with Crippen LogP contribution in [0.3, 0.4) is 0 Å². The van der Waals surface area contributed by atoms with Crippen LogP contribution in [0.2, 0.25) is 0 Å². The first-order chi connectivity index (χ1) is 8.70. The molecule has 0 bridgehead atoms. The van der Waals surface area contributed by atoms with Crippen LogP contribution in [0, 0.1) is 12.7 Å². The molecular weight excluding hydrogens is 247 g/mol. The van der Waals surface area contributed by atoms with E-state index in [9.17, 15) is 4.39 Å². The second-order valence-electron chi connectivity index (χ2n) is 4.13. The van der Waals surface area contributed by atoms with Crippen molar-refractivity contribution in [3.8, 4) is 0 Å². The molecule has 18 heavy (non-hydrogen) atoms. The number of rotatable bonds is 2. The van der Waals surface area contributed by atoms with Crippen molar-refractivity contribution in [2.75, 3.05) is 5.32 Å². The van der Waals surface area contributed by atoms with E-state index in [1.807, 2.05) is 37.3 Å². The number of para-hydroxylation sites is 1. The van der Waals surface area contributed by atoms with Gasteiger partial charge in [0.1, 0.15) is 5.82 Å². The van der Waals surface area contributed by atoms with Crippen LogP contribution in [0.4, 0.5) is 15.2 Å². The highest BCUT2D eigenvalue weighted by Crippen LogP contribution is 2.28. The van der Waals surface area contributed by atoms with Gasteiger partial charge in [-0.1, -0.05) is 23.5 Å². The number of nitrogens with zero attached hydrogens (tertiary/aromatic N) is 1. The molecule has 90 valence electrons. The first-order valence-electron chi connectivity index (χ1n) is 5.60. The standard InChI is InChI=1S/C14H11FN2S/c1-9-6-10(15)8-11(7-9)16-14-17-12-4-2-3-5-13(12)18-14/h2-8H,1H3,(H,16,17). The number of nitrogens with one attached hydrogen (secondary N) is 1. The van der Waals surface area contributed by atoms with Gasteiger partial charge in [-0.3, -0.25) is 0 Å². The fraction of sp³-hybridized carbons (Fsp3) is 0.0714. The zero-order valence-electron chi connectivity index (χ0n) is 9.77. The van der Waals surface area contributed by atoms with Crippen LogP contribution >= 0.6 is 11.3 Å². The molecule has 0 aliphatic carbocycles. The van der Waals surface area contributed by atoms with Gasteiger partial charge in [-0.15, -0.1) is 0 Å². The molecule has 2 nitrogen and oxygen atoms in total. The molecule has 1 aromatic heterocycles. The summed E-state index contributed by atoms with van der Waals surface area (Å²) >= 11 is 1.56. The highest BCUT2D eigenvalue weighted by atomic mass is 32.1. The van der Waals surface area contributed by atoms with E-state index in [0.717, 1.165) is 26.6 Å². The number of thiazole rings is 1. The molecule has 2 aromatic carbocycles. The van der Waals surface area contributed by atoms with Crippen molar-refractivity contribution in [2.45, 2.75) is 6.92 Å². The SMILES string of the molecule is Cc1cc(F)cc(Nc2nc3ccccc3s2)c1. The predicted molar refractivity (Wildman–Crippen MR) is 74.0 cm³/mol. The van der Waals surface area contributed by atoms with Crippen LogP contribution in [0.5, 0.6) is 0 Å². The van der Waals surface area contributed by atoms with Gasteiger partial charge in [-0.25, -0.2) is 9.37 Å². The molecular formula is C14H11FN2S. The molecule has 0 aliphatic rings. The van der Waals surface area contributed by atoms with Crippen LogP contribution in [-0.4, -0.2) is 4.98 Å². The van der Waals surface area contributed by atoms with Gasteiger partial charge < -0.3 is 5.32 Å². The lowest BCUT2D eigenvalue weighted by Crippen LogP contribution is -1.91. The van der Waals surface area contributed by atoms with Gasteiger partial charge in [0.05, 0.1) is 10.2 Å².